The van der Waals surface area contributed by atoms with Crippen molar-refractivity contribution in [1.82, 2.24) is 19.9 Å². The van der Waals surface area contributed by atoms with Crippen LogP contribution in [0, 0.1) is 0 Å². The number of hydrogen-bond donors (Lipinski definition) is 1. The second-order valence-electron chi connectivity index (χ2n) is 5.85. The highest BCUT2D eigenvalue weighted by Gasteiger charge is 2.16. The molecular formula is C19H13Cl2N5O2. The average Bonchev–Trinajstić information content (AvgIpc) is 3.36. The van der Waals surface area contributed by atoms with Gasteiger partial charge in [0.15, 0.2) is 11.5 Å². The third-order valence-corrected chi connectivity index (χ3v) is 4.88. The number of carbonyl (C=O) groups is 1. The lowest BCUT2D eigenvalue weighted by atomic mass is 10.2. The number of pyridine rings is 1. The molecule has 7 nitrogen and oxygen atoms in total. The van der Waals surface area contributed by atoms with E-state index in [9.17, 15) is 4.79 Å². The number of benzene rings is 1. The lowest BCUT2D eigenvalue weighted by Crippen LogP contribution is -2.16. The van der Waals surface area contributed by atoms with Gasteiger partial charge in [-0.25, -0.2) is 4.68 Å². The van der Waals surface area contributed by atoms with E-state index >= 15 is 0 Å². The maximum atomic E-state index is 12.5. The highest BCUT2D eigenvalue weighted by Crippen LogP contribution is 2.27. The molecule has 0 atom stereocenters. The van der Waals surface area contributed by atoms with E-state index in [4.69, 9.17) is 27.7 Å². The second-order valence-corrected chi connectivity index (χ2v) is 6.64. The van der Waals surface area contributed by atoms with E-state index < -0.39 is 5.91 Å². The number of amides is 1. The summed E-state index contributed by atoms with van der Waals surface area (Å²) in [6.45, 7) is 0.350. The predicted molar refractivity (Wildman–Crippen MR) is 105 cm³/mol. The Kier molecular flexibility index (Phi) is 5.10. The Morgan fingerprint density at radius 3 is 2.75 bits per heavy atom. The first-order chi connectivity index (χ1) is 13.6. The Labute approximate surface area is 169 Å². The van der Waals surface area contributed by atoms with Gasteiger partial charge in [0, 0.05) is 30.1 Å². The molecule has 0 bridgehead atoms. The molecule has 0 aliphatic rings. The molecule has 1 amide bonds. The number of halogens is 2. The summed E-state index contributed by atoms with van der Waals surface area (Å²) in [5.74, 6) is 0.560. The minimum Gasteiger partial charge on any atom is -0.355 e. The number of anilines is 1. The van der Waals surface area contributed by atoms with Crippen LogP contribution in [0.4, 0.5) is 5.82 Å². The molecular weight excluding hydrogens is 401 g/mol. The maximum Gasteiger partial charge on any atom is 0.279 e. The Bertz CT molecular complexity index is 1120. The van der Waals surface area contributed by atoms with Gasteiger partial charge in [0.1, 0.15) is 5.82 Å². The number of rotatable bonds is 5. The molecule has 140 valence electrons. The van der Waals surface area contributed by atoms with E-state index in [-0.39, 0.29) is 5.69 Å². The topological polar surface area (TPSA) is 85.8 Å². The third-order valence-electron chi connectivity index (χ3n) is 4.02. The lowest BCUT2D eigenvalue weighted by Gasteiger charge is -2.10. The van der Waals surface area contributed by atoms with Crippen LogP contribution in [-0.4, -0.2) is 25.8 Å². The van der Waals surface area contributed by atoms with E-state index in [0.717, 1.165) is 11.1 Å². The zero-order chi connectivity index (χ0) is 19.5. The van der Waals surface area contributed by atoms with Crippen molar-refractivity contribution in [3.63, 3.8) is 0 Å². The van der Waals surface area contributed by atoms with Gasteiger partial charge >= 0.3 is 0 Å². The predicted octanol–water partition coefficient (Wildman–Crippen LogP) is 4.54. The first kappa shape index (κ1) is 18.2. The maximum absolute atomic E-state index is 12.5. The van der Waals surface area contributed by atoms with E-state index in [1.165, 1.54) is 0 Å². The number of hydrogen-bond acceptors (Lipinski definition) is 5. The molecule has 28 heavy (non-hydrogen) atoms. The Balaban J connectivity index is 1.51. The molecule has 4 rings (SSSR count). The van der Waals surface area contributed by atoms with Crippen LogP contribution in [0.1, 0.15) is 16.1 Å². The van der Waals surface area contributed by atoms with Gasteiger partial charge in [-0.2, -0.15) is 5.10 Å². The molecule has 0 radical (unpaired) electrons. The first-order valence-electron chi connectivity index (χ1n) is 8.25. The van der Waals surface area contributed by atoms with Crippen LogP contribution in [0.3, 0.4) is 0 Å². The molecule has 0 unspecified atom stereocenters. The summed E-state index contributed by atoms with van der Waals surface area (Å²) in [7, 11) is 0. The highest BCUT2D eigenvalue weighted by molar-refractivity contribution is 6.42. The molecule has 0 aliphatic carbocycles. The van der Waals surface area contributed by atoms with Crippen molar-refractivity contribution in [2.75, 3.05) is 5.32 Å². The molecule has 4 aromatic rings. The molecule has 1 aromatic carbocycles. The minimum absolute atomic E-state index is 0.153. The number of aromatic nitrogens is 4. The Morgan fingerprint density at radius 1 is 1.11 bits per heavy atom. The van der Waals surface area contributed by atoms with E-state index in [1.807, 2.05) is 6.07 Å². The summed E-state index contributed by atoms with van der Waals surface area (Å²) >= 11 is 12.3. The van der Waals surface area contributed by atoms with Crippen LogP contribution in [0.25, 0.3) is 11.3 Å². The zero-order valence-corrected chi connectivity index (χ0v) is 15.9. The summed E-state index contributed by atoms with van der Waals surface area (Å²) in [5.41, 5.74) is 1.72. The van der Waals surface area contributed by atoms with Gasteiger partial charge in [0.2, 0.25) is 0 Å². The summed E-state index contributed by atoms with van der Waals surface area (Å²) in [5, 5.41) is 11.8. The van der Waals surface area contributed by atoms with Gasteiger partial charge in [-0.3, -0.25) is 9.78 Å². The monoisotopic (exact) mass is 413 g/mol. The normalized spacial score (nSPS) is 10.8. The largest absolute Gasteiger partial charge is 0.355 e. The Morgan fingerprint density at radius 2 is 1.93 bits per heavy atom. The van der Waals surface area contributed by atoms with Crippen LogP contribution >= 0.6 is 23.2 Å². The van der Waals surface area contributed by atoms with Crippen LogP contribution in [-0.2, 0) is 6.54 Å². The Hall–Kier alpha value is -3.16. The van der Waals surface area contributed by atoms with Gasteiger partial charge in [0.25, 0.3) is 5.91 Å². The smallest absolute Gasteiger partial charge is 0.279 e. The van der Waals surface area contributed by atoms with Crippen molar-refractivity contribution in [3.8, 4) is 11.3 Å². The average molecular weight is 414 g/mol. The van der Waals surface area contributed by atoms with Crippen molar-refractivity contribution in [2.45, 2.75) is 6.54 Å². The molecule has 1 N–H and O–H groups in total. The van der Waals surface area contributed by atoms with E-state index in [2.05, 4.69) is 20.6 Å². The first-order valence-corrected chi connectivity index (χ1v) is 9.00. The summed E-state index contributed by atoms with van der Waals surface area (Å²) in [4.78, 5) is 16.5. The second kappa shape index (κ2) is 7.84. The fourth-order valence-corrected chi connectivity index (χ4v) is 2.99. The van der Waals surface area contributed by atoms with Crippen molar-refractivity contribution < 1.29 is 9.32 Å². The lowest BCUT2D eigenvalue weighted by molar-refractivity contribution is 0.101. The standard InChI is InChI=1S/C19H13Cl2N5O2/c20-14-3-1-2-13(18(14)21)11-26-17(6-9-23-26)24-19(27)15-10-16(28-25-15)12-4-7-22-8-5-12/h1-10H,11H2,(H,24,27). The summed E-state index contributed by atoms with van der Waals surface area (Å²) in [6.07, 6.45) is 4.85. The molecule has 0 saturated carbocycles. The van der Waals surface area contributed by atoms with Crippen molar-refractivity contribution >= 4 is 34.9 Å². The molecule has 0 aliphatic heterocycles. The highest BCUT2D eigenvalue weighted by atomic mass is 35.5. The number of carbonyl (C=O) groups excluding carboxylic acids is 1. The van der Waals surface area contributed by atoms with Gasteiger partial charge < -0.3 is 9.84 Å². The number of nitrogens with zero attached hydrogens (tertiary/aromatic N) is 4. The SMILES string of the molecule is O=C(Nc1ccnn1Cc1cccc(Cl)c1Cl)c1cc(-c2ccncc2)on1. The molecule has 3 aromatic heterocycles. The van der Waals surface area contributed by atoms with Crippen LogP contribution in [0.5, 0.6) is 0 Å². The van der Waals surface area contributed by atoms with Gasteiger partial charge in [-0.15, -0.1) is 0 Å². The van der Waals surface area contributed by atoms with E-state index in [0.29, 0.717) is 28.2 Å². The summed E-state index contributed by atoms with van der Waals surface area (Å²) in [6, 6.07) is 12.2. The minimum atomic E-state index is -0.414. The molecule has 9 heteroatoms. The zero-order valence-electron chi connectivity index (χ0n) is 14.3. The van der Waals surface area contributed by atoms with Crippen LogP contribution in [0.15, 0.2) is 65.6 Å². The van der Waals surface area contributed by atoms with Crippen LogP contribution in [0.2, 0.25) is 10.0 Å². The molecule has 0 saturated heterocycles. The van der Waals surface area contributed by atoms with Gasteiger partial charge in [-0.1, -0.05) is 40.5 Å². The molecule has 0 fully saturated rings. The number of nitrogens with one attached hydrogen (secondary N) is 1. The van der Waals surface area contributed by atoms with Crippen molar-refractivity contribution in [3.05, 3.63) is 82.4 Å². The quantitative estimate of drug-likeness (QED) is 0.518. The van der Waals surface area contributed by atoms with Crippen molar-refractivity contribution in [1.29, 1.82) is 0 Å². The molecule has 3 heterocycles. The van der Waals surface area contributed by atoms with Crippen molar-refractivity contribution in [2.24, 2.45) is 0 Å². The van der Waals surface area contributed by atoms with Gasteiger partial charge in [-0.05, 0) is 23.8 Å². The fraction of sp³-hybridized carbons (Fsp3) is 0.0526. The molecule has 0 spiro atoms. The fourth-order valence-electron chi connectivity index (χ4n) is 2.61. The van der Waals surface area contributed by atoms with Crippen LogP contribution < -0.4 is 5.32 Å². The summed E-state index contributed by atoms with van der Waals surface area (Å²) < 4.78 is 6.86. The third kappa shape index (κ3) is 3.76. The van der Waals surface area contributed by atoms with E-state index in [1.54, 1.807) is 59.7 Å². The van der Waals surface area contributed by atoms with Gasteiger partial charge in [0.05, 0.1) is 22.8 Å².